The Morgan fingerprint density at radius 1 is 1.24 bits per heavy atom. The summed E-state index contributed by atoms with van der Waals surface area (Å²) in [6.45, 7) is 4.66. The van der Waals surface area contributed by atoms with Crippen molar-refractivity contribution in [1.29, 1.82) is 0 Å². The Kier molecular flexibility index (Phi) is 5.97. The van der Waals surface area contributed by atoms with Crippen LogP contribution < -0.4 is 5.32 Å². The van der Waals surface area contributed by atoms with Crippen molar-refractivity contribution in [3.05, 3.63) is 61.2 Å². The molecule has 0 saturated heterocycles. The molecule has 0 radical (unpaired) electrons. The zero-order valence-corrected chi connectivity index (χ0v) is 18.7. The van der Waals surface area contributed by atoms with E-state index in [0.717, 1.165) is 19.3 Å². The van der Waals surface area contributed by atoms with Crippen LogP contribution in [-0.2, 0) is 4.84 Å². The van der Waals surface area contributed by atoms with Gasteiger partial charge in [0.05, 0.1) is 5.57 Å². The fraction of sp³-hybridized carbons (Fsp3) is 0.455. The Morgan fingerprint density at radius 3 is 2.45 bits per heavy atom. The molecule has 7 heteroatoms. The van der Waals surface area contributed by atoms with Gasteiger partial charge >= 0.3 is 0 Å². The van der Waals surface area contributed by atoms with Gasteiger partial charge in [-0.25, -0.2) is 0 Å². The summed E-state index contributed by atoms with van der Waals surface area (Å²) in [5, 5.41) is 30.4. The van der Waals surface area contributed by atoms with Crippen molar-refractivity contribution in [2.24, 2.45) is 0 Å². The molecule has 1 aliphatic carbocycles. The second kappa shape index (κ2) is 8.34. The summed E-state index contributed by atoms with van der Waals surface area (Å²) in [5.74, 6) is -1.36. The second-order valence-corrected chi connectivity index (χ2v) is 9.50. The van der Waals surface area contributed by atoms with Crippen LogP contribution in [0, 0.1) is 13.8 Å². The van der Waals surface area contributed by atoms with Crippen LogP contribution in [0.2, 0.25) is 0 Å². The van der Waals surface area contributed by atoms with Crippen molar-refractivity contribution in [2.75, 3.05) is 13.6 Å². The normalized spacial score (nSPS) is 21.2. The molecule has 0 saturated carbocycles. The maximum absolute atomic E-state index is 10.8. The molecule has 1 unspecified atom stereocenters. The molecule has 0 fully saturated rings. The number of hydrogen-bond acceptors (Lipinski definition) is 7. The molecule has 4 rings (SSSR count). The van der Waals surface area contributed by atoms with E-state index in [4.69, 9.17) is 4.84 Å². The van der Waals surface area contributed by atoms with Gasteiger partial charge in [0, 0.05) is 34.3 Å². The highest BCUT2D eigenvalue weighted by atomic mass is 32.1. The highest BCUT2D eigenvalue weighted by Gasteiger charge is 2.50. The van der Waals surface area contributed by atoms with Gasteiger partial charge in [-0.05, 0) is 74.2 Å². The van der Waals surface area contributed by atoms with Crippen molar-refractivity contribution < 1.29 is 15.1 Å². The van der Waals surface area contributed by atoms with Gasteiger partial charge in [0.25, 0.3) is 5.91 Å². The molecule has 29 heavy (non-hydrogen) atoms. The van der Waals surface area contributed by atoms with E-state index in [9.17, 15) is 10.2 Å². The monoisotopic (exact) mass is 432 g/mol. The lowest BCUT2D eigenvalue weighted by atomic mass is 9.90. The van der Waals surface area contributed by atoms with E-state index >= 15 is 0 Å². The molecule has 1 atom stereocenters. The third kappa shape index (κ3) is 3.83. The van der Waals surface area contributed by atoms with Gasteiger partial charge in [0.1, 0.15) is 5.76 Å². The van der Waals surface area contributed by atoms with E-state index in [-0.39, 0.29) is 6.04 Å². The van der Waals surface area contributed by atoms with Crippen molar-refractivity contribution in [2.45, 2.75) is 51.5 Å². The predicted molar refractivity (Wildman–Crippen MR) is 118 cm³/mol. The third-order valence-electron chi connectivity index (χ3n) is 5.72. The van der Waals surface area contributed by atoms with Crippen LogP contribution in [0.1, 0.15) is 46.6 Å². The first-order valence-electron chi connectivity index (χ1n) is 10.0. The number of nitrogens with zero attached hydrogens (tertiary/aromatic N) is 1. The summed E-state index contributed by atoms with van der Waals surface area (Å²) < 4.78 is 0. The van der Waals surface area contributed by atoms with Crippen LogP contribution in [0.25, 0.3) is 5.57 Å². The zero-order valence-electron chi connectivity index (χ0n) is 17.1. The highest BCUT2D eigenvalue weighted by molar-refractivity contribution is 7.14. The molecule has 0 spiro atoms. The molecule has 2 aromatic heterocycles. The second-order valence-electron chi connectivity index (χ2n) is 7.67. The quantitative estimate of drug-likeness (QED) is 0.598. The minimum Gasteiger partial charge on any atom is -0.405 e. The highest BCUT2D eigenvalue weighted by Crippen LogP contribution is 2.41. The lowest BCUT2D eigenvalue weighted by Crippen LogP contribution is -2.50. The number of thiophene rings is 2. The number of hydrogen-bond donors (Lipinski definition) is 3. The van der Waals surface area contributed by atoms with E-state index in [1.54, 1.807) is 22.7 Å². The molecule has 0 bridgehead atoms. The maximum Gasteiger partial charge on any atom is 0.285 e. The number of rotatable bonds is 6. The number of likely N-dealkylation sites (N-methyl/N-ethyl adjacent to an activating group) is 1. The Morgan fingerprint density at radius 2 is 1.90 bits per heavy atom. The standard InChI is InChI=1S/C22H28N2O3S2/c1-14-9-12-28-20(14)16(21-15(2)10-13-29-21)6-5-11-24-22(25,26)19-17(23-3)7-4-8-18(19)27-24/h6,9-10,12-13,17,23,25-26H,4-5,7-8,11H2,1-3H3. The molecule has 2 aliphatic rings. The molecule has 5 nitrogen and oxygen atoms in total. The predicted octanol–water partition coefficient (Wildman–Crippen LogP) is 4.16. The van der Waals surface area contributed by atoms with Crippen LogP contribution in [0.15, 0.2) is 40.3 Å². The van der Waals surface area contributed by atoms with Gasteiger partial charge in [0.2, 0.25) is 0 Å². The van der Waals surface area contributed by atoms with Gasteiger partial charge in [-0.15, -0.1) is 22.7 Å². The molecular weight excluding hydrogens is 404 g/mol. The fourth-order valence-electron chi connectivity index (χ4n) is 4.19. The van der Waals surface area contributed by atoms with Gasteiger partial charge < -0.3 is 20.4 Å². The molecule has 0 aromatic carbocycles. The topological polar surface area (TPSA) is 65.0 Å². The SMILES string of the molecule is CNC1CCCC2=C1C(O)(O)N(CCC=C(c1sccc1C)c1sccc1C)O2. The lowest BCUT2D eigenvalue weighted by Gasteiger charge is -2.31. The summed E-state index contributed by atoms with van der Waals surface area (Å²) >= 11 is 3.49. The molecule has 3 heterocycles. The summed E-state index contributed by atoms with van der Waals surface area (Å²) in [5.41, 5.74) is 4.31. The minimum atomic E-state index is -2.06. The van der Waals surface area contributed by atoms with Crippen LogP contribution in [0.5, 0.6) is 0 Å². The van der Waals surface area contributed by atoms with E-state index in [0.29, 0.717) is 24.3 Å². The third-order valence-corrected chi connectivity index (χ3v) is 7.82. The Hall–Kier alpha value is -1.48. The zero-order chi connectivity index (χ0) is 20.6. The first-order valence-corrected chi connectivity index (χ1v) is 11.8. The smallest absolute Gasteiger partial charge is 0.285 e. The molecule has 1 aliphatic heterocycles. The van der Waals surface area contributed by atoms with Gasteiger partial charge in [-0.2, -0.15) is 0 Å². The summed E-state index contributed by atoms with van der Waals surface area (Å²) in [6.07, 6.45) is 5.46. The van der Waals surface area contributed by atoms with E-state index in [2.05, 4.69) is 48.1 Å². The Labute approximate surface area is 179 Å². The average molecular weight is 433 g/mol. The summed E-state index contributed by atoms with van der Waals surface area (Å²) in [4.78, 5) is 8.41. The maximum atomic E-state index is 10.8. The number of hydroxylamine groups is 2. The Balaban J connectivity index is 1.54. The molecular formula is C22H28N2O3S2. The summed E-state index contributed by atoms with van der Waals surface area (Å²) in [7, 11) is 1.85. The number of aryl methyl sites for hydroxylation is 2. The fourth-order valence-corrected chi connectivity index (χ4v) is 6.20. The van der Waals surface area contributed by atoms with E-state index in [1.165, 1.54) is 31.5 Å². The van der Waals surface area contributed by atoms with Gasteiger partial charge in [0.15, 0.2) is 0 Å². The number of allylic oxidation sites excluding steroid dienone is 1. The first kappa shape index (κ1) is 20.8. The van der Waals surface area contributed by atoms with E-state index < -0.39 is 5.91 Å². The summed E-state index contributed by atoms with van der Waals surface area (Å²) in [6, 6.07) is 4.22. The van der Waals surface area contributed by atoms with Crippen molar-refractivity contribution >= 4 is 28.2 Å². The molecule has 156 valence electrons. The Bertz CT molecular complexity index is 899. The van der Waals surface area contributed by atoms with Crippen molar-refractivity contribution in [3.63, 3.8) is 0 Å². The van der Waals surface area contributed by atoms with Crippen LogP contribution in [0.3, 0.4) is 0 Å². The average Bonchev–Trinajstić information content (AvgIpc) is 3.38. The van der Waals surface area contributed by atoms with Gasteiger partial charge in [-0.3, -0.25) is 0 Å². The van der Waals surface area contributed by atoms with Crippen LogP contribution in [0.4, 0.5) is 0 Å². The van der Waals surface area contributed by atoms with Gasteiger partial charge in [-0.1, -0.05) is 11.1 Å². The van der Waals surface area contributed by atoms with Crippen LogP contribution >= 0.6 is 22.7 Å². The molecule has 2 aromatic rings. The molecule has 3 N–H and O–H groups in total. The lowest BCUT2D eigenvalue weighted by molar-refractivity contribution is -0.323. The number of aliphatic hydroxyl groups is 2. The largest absolute Gasteiger partial charge is 0.405 e. The van der Waals surface area contributed by atoms with E-state index in [1.807, 2.05) is 7.05 Å². The van der Waals surface area contributed by atoms with Crippen molar-refractivity contribution in [3.8, 4) is 0 Å². The van der Waals surface area contributed by atoms with Crippen LogP contribution in [-0.4, -0.2) is 40.8 Å². The number of nitrogens with one attached hydrogen (secondary N) is 1. The molecule has 0 amide bonds. The minimum absolute atomic E-state index is 0.0626. The van der Waals surface area contributed by atoms with Crippen molar-refractivity contribution in [1.82, 2.24) is 10.4 Å². The first-order chi connectivity index (χ1) is 13.9.